The van der Waals surface area contributed by atoms with Crippen molar-refractivity contribution < 1.29 is 13.0 Å². The third kappa shape index (κ3) is 13.4. The Labute approximate surface area is 157 Å². The predicted molar refractivity (Wildman–Crippen MR) is 95.6 cm³/mol. The van der Waals surface area contributed by atoms with Crippen LogP contribution in [0.15, 0.2) is 60.7 Å². The van der Waals surface area contributed by atoms with Crippen molar-refractivity contribution >= 4 is 62.1 Å². The van der Waals surface area contributed by atoms with Crippen LogP contribution in [0.4, 0.5) is 0 Å². The molecule has 2 aromatic rings. The largest absolute Gasteiger partial charge is 0.152 e. The fraction of sp³-hybridized carbons (Fsp3) is 0.143. The molecule has 0 heterocycles. The van der Waals surface area contributed by atoms with Crippen molar-refractivity contribution in [2.75, 3.05) is 0 Å². The first-order chi connectivity index (χ1) is 9.45. The molecule has 0 aliphatic carbocycles. The van der Waals surface area contributed by atoms with Gasteiger partial charge in [-0.15, -0.1) is 0 Å². The molecule has 7 heteroatoms. The molecule has 110 valence electrons. The monoisotopic (exact) mass is 352 g/mol. The molecule has 21 heavy (non-hydrogen) atoms. The maximum absolute atomic E-state index is 9.05. The fourth-order valence-corrected chi connectivity index (χ4v) is 2.39. The second-order valence-electron chi connectivity index (χ2n) is 3.91. The molecule has 0 bridgehead atoms. The number of rotatable bonds is 4. The molecule has 0 aliphatic heterocycles. The minimum atomic E-state index is -3.97. The first-order valence-corrected chi connectivity index (χ1v) is 9.45. The average molecular weight is 352 g/mol. The summed E-state index contributed by atoms with van der Waals surface area (Å²) in [4.78, 5) is 0. The van der Waals surface area contributed by atoms with Gasteiger partial charge in [0.05, 0.1) is 0 Å². The van der Waals surface area contributed by atoms with Crippen LogP contribution in [0.2, 0.25) is 0 Å². The molecule has 0 fully saturated rings. The molecule has 1 N–H and O–H groups in total. The standard InChI is InChI=1S/C14H14S.Na.H2O3S2.H/c1-3-7-13(8-4-1)11-15-12-14-9-5-2-6-10-14;;1-5(2,3)4;/h1-10H,11-12H2;;(H2,1,2,3,4);. The van der Waals surface area contributed by atoms with Gasteiger partial charge in [-0.3, -0.25) is 4.55 Å². The van der Waals surface area contributed by atoms with Crippen LogP contribution in [0.5, 0.6) is 0 Å². The van der Waals surface area contributed by atoms with Crippen LogP contribution in [-0.2, 0) is 20.7 Å². The van der Waals surface area contributed by atoms with Gasteiger partial charge in [0, 0.05) is 11.5 Å². The van der Waals surface area contributed by atoms with E-state index in [0.29, 0.717) is 0 Å². The topological polar surface area (TPSA) is 54.4 Å². The van der Waals surface area contributed by atoms with Crippen molar-refractivity contribution in [1.29, 1.82) is 0 Å². The number of thiol groups is 1. The van der Waals surface area contributed by atoms with Crippen molar-refractivity contribution in [3.05, 3.63) is 71.8 Å². The van der Waals surface area contributed by atoms with E-state index in [0.717, 1.165) is 11.5 Å². The molecule has 2 rings (SSSR count). The first kappa shape index (κ1) is 21.0. The van der Waals surface area contributed by atoms with Crippen molar-refractivity contribution in [2.45, 2.75) is 11.5 Å². The van der Waals surface area contributed by atoms with Crippen LogP contribution < -0.4 is 0 Å². The molecule has 3 nitrogen and oxygen atoms in total. The summed E-state index contributed by atoms with van der Waals surface area (Å²) in [5.74, 6) is 2.19. The zero-order chi connectivity index (χ0) is 14.8. The average Bonchev–Trinajstić information content (AvgIpc) is 2.39. The molecular weight excluding hydrogens is 335 g/mol. The Morgan fingerprint density at radius 2 is 1.14 bits per heavy atom. The van der Waals surface area contributed by atoms with E-state index >= 15 is 0 Å². The minimum absolute atomic E-state index is 0. The van der Waals surface area contributed by atoms with Crippen LogP contribution in [0, 0.1) is 0 Å². The van der Waals surface area contributed by atoms with Gasteiger partial charge < -0.3 is 0 Å². The van der Waals surface area contributed by atoms with E-state index < -0.39 is 9.15 Å². The number of benzene rings is 2. The van der Waals surface area contributed by atoms with Gasteiger partial charge >= 0.3 is 38.7 Å². The van der Waals surface area contributed by atoms with E-state index in [9.17, 15) is 0 Å². The maximum Gasteiger partial charge on any atom is 0.0187 e. The Hall–Kier alpha value is 0.0500. The van der Waals surface area contributed by atoms with E-state index in [4.69, 9.17) is 13.0 Å². The molecule has 0 aromatic heterocycles. The van der Waals surface area contributed by atoms with Gasteiger partial charge in [0.25, 0.3) is 0 Å². The SMILES string of the molecule is O=S(=O)(O)S.[NaH].c1ccc(CSCc2ccccc2)cc1. The fourth-order valence-electron chi connectivity index (χ4n) is 1.44. The molecular formula is C14H17NaO3S3. The molecule has 0 saturated carbocycles. The zero-order valence-corrected chi connectivity index (χ0v) is 13.2. The Morgan fingerprint density at radius 1 is 0.857 bits per heavy atom. The molecule has 0 aliphatic rings. The molecule has 0 radical (unpaired) electrons. The van der Waals surface area contributed by atoms with Crippen LogP contribution >= 0.6 is 23.4 Å². The van der Waals surface area contributed by atoms with Crippen molar-refractivity contribution in [3.8, 4) is 0 Å². The summed E-state index contributed by atoms with van der Waals surface area (Å²) in [5, 5.41) is 0. The van der Waals surface area contributed by atoms with E-state index in [1.54, 1.807) is 0 Å². The summed E-state index contributed by atoms with van der Waals surface area (Å²) in [5.41, 5.74) is 2.80. The molecule has 0 spiro atoms. The Kier molecular flexibility index (Phi) is 11.6. The van der Waals surface area contributed by atoms with E-state index in [1.165, 1.54) is 11.1 Å². The van der Waals surface area contributed by atoms with Crippen LogP contribution in [0.1, 0.15) is 11.1 Å². The minimum Gasteiger partial charge on any atom is -0.152 e. The molecule has 0 unspecified atom stereocenters. The second kappa shape index (κ2) is 11.6. The van der Waals surface area contributed by atoms with Crippen molar-refractivity contribution in [1.82, 2.24) is 0 Å². The maximum atomic E-state index is 9.05. The summed E-state index contributed by atoms with van der Waals surface area (Å²) in [6.45, 7) is 0. The molecule has 0 amide bonds. The predicted octanol–water partition coefficient (Wildman–Crippen LogP) is 3.19. The first-order valence-electron chi connectivity index (χ1n) is 5.80. The Bertz CT molecular complexity index is 542. The third-order valence-electron chi connectivity index (χ3n) is 2.22. The summed E-state index contributed by atoms with van der Waals surface area (Å²) in [6.07, 6.45) is 0. The van der Waals surface area contributed by atoms with Gasteiger partial charge in [0.15, 0.2) is 0 Å². The zero-order valence-electron chi connectivity index (χ0n) is 10.7. The molecule has 0 saturated heterocycles. The van der Waals surface area contributed by atoms with Crippen LogP contribution in [0.3, 0.4) is 0 Å². The van der Waals surface area contributed by atoms with E-state index in [-0.39, 0.29) is 29.6 Å². The van der Waals surface area contributed by atoms with E-state index in [1.807, 2.05) is 11.8 Å². The van der Waals surface area contributed by atoms with Gasteiger partial charge in [-0.2, -0.15) is 20.2 Å². The summed E-state index contributed by atoms with van der Waals surface area (Å²) in [7, 11) is -3.97. The van der Waals surface area contributed by atoms with Crippen molar-refractivity contribution in [3.63, 3.8) is 0 Å². The number of hydrogen-bond acceptors (Lipinski definition) is 3. The number of hydrogen-bond donors (Lipinski definition) is 2. The normalized spacial score (nSPS) is 10.0. The Morgan fingerprint density at radius 3 is 1.43 bits per heavy atom. The van der Waals surface area contributed by atoms with Gasteiger partial charge in [-0.25, -0.2) is 0 Å². The quantitative estimate of drug-likeness (QED) is 0.384. The second-order valence-corrected chi connectivity index (χ2v) is 7.18. The van der Waals surface area contributed by atoms with Crippen molar-refractivity contribution in [2.24, 2.45) is 0 Å². The smallest absolute Gasteiger partial charge is 0.0187 e. The van der Waals surface area contributed by atoms with Gasteiger partial charge in [-0.1, -0.05) is 60.7 Å². The number of thioether (sulfide) groups is 1. The summed E-state index contributed by atoms with van der Waals surface area (Å²) in [6, 6.07) is 21.2. The van der Waals surface area contributed by atoms with Gasteiger partial charge in [0.2, 0.25) is 0 Å². The summed E-state index contributed by atoms with van der Waals surface area (Å²) >= 11 is 4.61. The van der Waals surface area contributed by atoms with Gasteiger partial charge in [0.1, 0.15) is 0 Å². The molecule has 0 atom stereocenters. The van der Waals surface area contributed by atoms with Gasteiger partial charge in [-0.05, 0) is 22.8 Å². The third-order valence-corrected chi connectivity index (χ3v) is 3.30. The van der Waals surface area contributed by atoms with Crippen LogP contribution in [-0.4, -0.2) is 42.5 Å². The molecule has 2 aromatic carbocycles. The van der Waals surface area contributed by atoms with Crippen LogP contribution in [0.25, 0.3) is 0 Å². The Balaban J connectivity index is 0.000000583. The van der Waals surface area contributed by atoms with E-state index in [2.05, 4.69) is 72.3 Å². The summed E-state index contributed by atoms with van der Waals surface area (Å²) < 4.78 is 25.5.